The molecule has 3 fully saturated rings. The van der Waals surface area contributed by atoms with E-state index in [0.29, 0.717) is 35.4 Å². The van der Waals surface area contributed by atoms with E-state index in [-0.39, 0.29) is 5.92 Å². The molecule has 0 radical (unpaired) electrons. The lowest BCUT2D eigenvalue weighted by molar-refractivity contribution is 0.0914. The van der Waals surface area contributed by atoms with E-state index < -0.39 is 5.41 Å². The summed E-state index contributed by atoms with van der Waals surface area (Å²) in [6, 6.07) is 63.7. The lowest BCUT2D eigenvalue weighted by Gasteiger charge is -2.38. The number of ketones is 1. The van der Waals surface area contributed by atoms with Crippen molar-refractivity contribution in [2.45, 2.75) is 74.5 Å². The zero-order valence-corrected chi connectivity index (χ0v) is 40.9. The molecule has 0 N–H and O–H groups in total. The molecular weight excluding hydrogens is 897 g/mol. The number of nitriles is 1. The second kappa shape index (κ2) is 13.4. The van der Waals surface area contributed by atoms with Gasteiger partial charge in [0, 0.05) is 33.0 Å². The average Bonchev–Trinajstić information content (AvgIpc) is 4.25. The van der Waals surface area contributed by atoms with Crippen LogP contribution in [0.1, 0.15) is 124 Å². The van der Waals surface area contributed by atoms with Gasteiger partial charge in [-0.15, -0.1) is 0 Å². The molecule has 6 bridgehead atoms. The Morgan fingerprint density at radius 1 is 0.432 bits per heavy atom. The van der Waals surface area contributed by atoms with Crippen LogP contribution in [-0.2, 0) is 5.41 Å². The SMILES string of the molecule is N#Cc1cc2c(c3c1C1CC4CC(C1)CC3C4)c1c3c(cc4c5cc6c(cc5n2c41)C(=O)C1CCC6C1)-c1cc2c(cc1C31c3ccccc3-c3ccccc31)-c1ccccc1-c1ccccc1-c1ccccc1-2. The van der Waals surface area contributed by atoms with Crippen molar-refractivity contribution in [2.24, 2.45) is 17.8 Å². The third-order valence-corrected chi connectivity index (χ3v) is 20.8. The van der Waals surface area contributed by atoms with Crippen LogP contribution in [0.2, 0.25) is 0 Å². The molecule has 0 saturated heterocycles. The lowest BCUT2D eigenvalue weighted by atomic mass is 9.66. The average molecular weight is 945 g/mol. The van der Waals surface area contributed by atoms with Crippen LogP contribution in [0.4, 0.5) is 0 Å². The Bertz CT molecular complexity index is 4480. The second-order valence-electron chi connectivity index (χ2n) is 23.9. The highest BCUT2D eigenvalue weighted by atomic mass is 16.1. The number of fused-ring (bicyclic) bond motifs is 29. The van der Waals surface area contributed by atoms with Crippen LogP contribution in [0.3, 0.4) is 0 Å². The quantitative estimate of drug-likeness (QED) is 0.152. The normalized spacial score (nSPS) is 23.1. The minimum atomic E-state index is -0.662. The van der Waals surface area contributed by atoms with Crippen molar-refractivity contribution < 1.29 is 4.79 Å². The van der Waals surface area contributed by atoms with Crippen molar-refractivity contribution in [3.05, 3.63) is 208 Å². The predicted molar refractivity (Wildman–Crippen MR) is 297 cm³/mol. The number of hydrogen-bond acceptors (Lipinski definition) is 2. The van der Waals surface area contributed by atoms with Crippen LogP contribution in [0, 0.1) is 29.1 Å². The minimum absolute atomic E-state index is 0.120. The Balaban J connectivity index is 1.05. The Morgan fingerprint density at radius 2 is 0.986 bits per heavy atom. The molecule has 2 heterocycles. The summed E-state index contributed by atoms with van der Waals surface area (Å²) in [7, 11) is 0. The summed E-state index contributed by atoms with van der Waals surface area (Å²) in [4.78, 5) is 14.5. The molecule has 74 heavy (non-hydrogen) atoms. The summed E-state index contributed by atoms with van der Waals surface area (Å²) in [5.74, 6) is 3.05. The largest absolute Gasteiger partial charge is 0.308 e. The van der Waals surface area contributed by atoms with Gasteiger partial charge in [-0.3, -0.25) is 4.79 Å². The van der Waals surface area contributed by atoms with Gasteiger partial charge in [0.05, 0.1) is 33.6 Å². The molecular formula is C71H48N2O. The first kappa shape index (κ1) is 39.5. The summed E-state index contributed by atoms with van der Waals surface area (Å²) in [5, 5.41) is 16.7. The highest BCUT2D eigenvalue weighted by Gasteiger charge is 2.55. The molecule has 9 aliphatic rings. The van der Waals surface area contributed by atoms with E-state index in [9.17, 15) is 10.1 Å². The van der Waals surface area contributed by atoms with Crippen LogP contribution in [-0.4, -0.2) is 10.2 Å². The zero-order valence-electron chi connectivity index (χ0n) is 40.9. The van der Waals surface area contributed by atoms with Gasteiger partial charge in [-0.05, 0) is 223 Å². The molecule has 20 rings (SSSR count). The fourth-order valence-electron chi connectivity index (χ4n) is 18.4. The summed E-state index contributed by atoms with van der Waals surface area (Å²) < 4.78 is 2.57. The van der Waals surface area contributed by atoms with E-state index in [0.717, 1.165) is 41.4 Å². The molecule has 9 aromatic carbocycles. The van der Waals surface area contributed by atoms with Gasteiger partial charge in [0.1, 0.15) is 0 Å². The van der Waals surface area contributed by atoms with Gasteiger partial charge < -0.3 is 4.40 Å². The fourth-order valence-corrected chi connectivity index (χ4v) is 18.4. The highest BCUT2D eigenvalue weighted by molar-refractivity contribution is 6.29. The van der Waals surface area contributed by atoms with Gasteiger partial charge in [0.25, 0.3) is 0 Å². The van der Waals surface area contributed by atoms with Gasteiger partial charge in [0.2, 0.25) is 0 Å². The van der Waals surface area contributed by atoms with Crippen molar-refractivity contribution in [1.82, 2.24) is 4.40 Å². The van der Waals surface area contributed by atoms with Gasteiger partial charge in [-0.2, -0.15) is 5.26 Å². The Kier molecular flexibility index (Phi) is 7.13. The summed E-state index contributed by atoms with van der Waals surface area (Å²) >= 11 is 0. The summed E-state index contributed by atoms with van der Waals surface area (Å²) in [5.41, 5.74) is 29.4. The van der Waals surface area contributed by atoms with Gasteiger partial charge in [-0.1, -0.05) is 121 Å². The smallest absolute Gasteiger partial charge is 0.166 e. The molecule has 0 amide bonds. The number of Topliss-reactive ketones (excluding diaryl/α,β-unsaturated/α-hetero) is 1. The molecule has 1 spiro atoms. The number of carbonyl (C=O) groups is 1. The maximum absolute atomic E-state index is 14.5. The zero-order chi connectivity index (χ0) is 48.0. The molecule has 9 aliphatic carbocycles. The van der Waals surface area contributed by atoms with Crippen molar-refractivity contribution in [3.63, 3.8) is 0 Å². The fraction of sp³-hybridized carbons (Fsp3) is 0.211. The first-order chi connectivity index (χ1) is 36.5. The van der Waals surface area contributed by atoms with Crippen LogP contribution in [0.5, 0.6) is 0 Å². The Labute approximate surface area is 429 Å². The van der Waals surface area contributed by atoms with Crippen LogP contribution >= 0.6 is 0 Å². The number of aromatic nitrogens is 1. The monoisotopic (exact) mass is 944 g/mol. The molecule has 3 heteroatoms. The van der Waals surface area contributed by atoms with Crippen LogP contribution < -0.4 is 0 Å². The summed E-state index contributed by atoms with van der Waals surface area (Å²) in [6.07, 6.45) is 9.14. The molecule has 3 nitrogen and oxygen atoms in total. The van der Waals surface area contributed by atoms with Crippen molar-refractivity contribution in [2.75, 3.05) is 0 Å². The molecule has 3 saturated carbocycles. The first-order valence-corrected chi connectivity index (χ1v) is 27.6. The second-order valence-corrected chi connectivity index (χ2v) is 23.9. The van der Waals surface area contributed by atoms with E-state index in [1.54, 1.807) is 0 Å². The van der Waals surface area contributed by atoms with E-state index >= 15 is 0 Å². The molecule has 11 aromatic rings. The van der Waals surface area contributed by atoms with Gasteiger partial charge >= 0.3 is 0 Å². The first-order valence-electron chi connectivity index (χ1n) is 27.6. The van der Waals surface area contributed by atoms with Crippen molar-refractivity contribution >= 4 is 43.9 Å². The standard InChI is InChI=1S/C71H48N2O/c72-35-42-29-63-66(65-41-26-36-23-37(27-41)25-40(24-36)64(42)65)67-68-56(32-57-55-30-51-38-21-22-39(28-38)70(74)58(51)34-62(55)73(63)69(57)67)54-31-52-47-15-5-3-13-45(47)43-11-1-2-12-44(43)46-14-4-6-16-48(46)53(52)33-61(54)71(68)59-19-9-7-17-49(59)50-18-8-10-20-60(50)71/h1-20,29-34,36-41H,21-28H2. The molecule has 0 aliphatic heterocycles. The van der Waals surface area contributed by atoms with Crippen LogP contribution in [0.25, 0.3) is 105 Å². The Morgan fingerprint density at radius 3 is 1.61 bits per heavy atom. The topological polar surface area (TPSA) is 45.3 Å². The van der Waals surface area contributed by atoms with E-state index in [2.05, 4.69) is 168 Å². The lowest BCUT2D eigenvalue weighted by Crippen LogP contribution is -2.26. The molecule has 4 unspecified atom stereocenters. The Hall–Kier alpha value is -8.06. The number of carbonyl (C=O) groups excluding carboxylic acids is 1. The van der Waals surface area contributed by atoms with Crippen molar-refractivity contribution in [1.29, 1.82) is 5.26 Å². The molecule has 348 valence electrons. The van der Waals surface area contributed by atoms with E-state index in [4.69, 9.17) is 0 Å². The third-order valence-electron chi connectivity index (χ3n) is 20.8. The van der Waals surface area contributed by atoms with E-state index in [1.807, 2.05) is 0 Å². The molecule has 2 aromatic heterocycles. The highest BCUT2D eigenvalue weighted by Crippen LogP contribution is 2.69. The summed E-state index contributed by atoms with van der Waals surface area (Å²) in [6.45, 7) is 0. The van der Waals surface area contributed by atoms with Gasteiger partial charge in [-0.25, -0.2) is 0 Å². The van der Waals surface area contributed by atoms with E-state index in [1.165, 1.54) is 165 Å². The van der Waals surface area contributed by atoms with Crippen molar-refractivity contribution in [3.8, 4) is 72.8 Å². The van der Waals surface area contributed by atoms with Gasteiger partial charge in [0.15, 0.2) is 5.78 Å². The number of hydrogen-bond donors (Lipinski definition) is 0. The third kappa shape index (κ3) is 4.47. The minimum Gasteiger partial charge on any atom is -0.308 e. The maximum Gasteiger partial charge on any atom is 0.166 e. The maximum atomic E-state index is 14.5. The number of nitrogens with zero attached hydrogens (tertiary/aromatic N) is 2. The predicted octanol–water partition coefficient (Wildman–Crippen LogP) is 17.5. The number of rotatable bonds is 0. The number of benzene rings is 9. The van der Waals surface area contributed by atoms with Crippen LogP contribution in [0.15, 0.2) is 158 Å². The molecule has 4 atom stereocenters.